The minimum atomic E-state index is -0.0925. The summed E-state index contributed by atoms with van der Waals surface area (Å²) in [6.45, 7) is 4.27. The van der Waals surface area contributed by atoms with Crippen LogP contribution in [0.3, 0.4) is 0 Å². The van der Waals surface area contributed by atoms with Gasteiger partial charge < -0.3 is 15.7 Å². The van der Waals surface area contributed by atoms with Crippen LogP contribution in [0.15, 0.2) is 30.3 Å². The molecule has 0 radical (unpaired) electrons. The Morgan fingerprint density at radius 3 is 2.58 bits per heavy atom. The molecule has 0 saturated heterocycles. The highest BCUT2D eigenvalue weighted by molar-refractivity contribution is 5.78. The molecule has 0 heterocycles. The summed E-state index contributed by atoms with van der Waals surface area (Å²) in [6.07, 6.45) is 1.63. The monoisotopic (exact) mass is 264 g/mol. The van der Waals surface area contributed by atoms with Gasteiger partial charge in [0.2, 0.25) is 5.91 Å². The van der Waals surface area contributed by atoms with E-state index in [1.807, 2.05) is 44.2 Å². The molecule has 0 aliphatic heterocycles. The van der Waals surface area contributed by atoms with Gasteiger partial charge in [0.25, 0.3) is 0 Å². The maximum atomic E-state index is 11.6. The number of aliphatic hydroxyl groups excluding tert-OH is 1. The summed E-state index contributed by atoms with van der Waals surface area (Å²) in [5.41, 5.74) is 1.15. The predicted molar refractivity (Wildman–Crippen MR) is 76.9 cm³/mol. The lowest BCUT2D eigenvalue weighted by atomic mass is 10.1. The van der Waals surface area contributed by atoms with E-state index in [0.717, 1.165) is 12.0 Å². The molecule has 0 bridgehead atoms. The summed E-state index contributed by atoms with van der Waals surface area (Å²) in [6, 6.07) is 10.0. The number of rotatable bonds is 8. The summed E-state index contributed by atoms with van der Waals surface area (Å²) in [4.78, 5) is 11.6. The van der Waals surface area contributed by atoms with Crippen molar-refractivity contribution in [3.8, 4) is 0 Å². The Morgan fingerprint density at radius 1 is 1.32 bits per heavy atom. The molecule has 1 aromatic carbocycles. The molecular weight excluding hydrogens is 240 g/mol. The number of carbonyl (C=O) groups excluding carboxylic acids is 1. The number of carbonyl (C=O) groups is 1. The molecule has 4 heteroatoms. The second-order valence-electron chi connectivity index (χ2n) is 4.83. The number of hydrogen-bond acceptors (Lipinski definition) is 3. The van der Waals surface area contributed by atoms with Crippen LogP contribution in [-0.2, 0) is 11.2 Å². The molecule has 0 aliphatic rings. The molecule has 0 saturated carbocycles. The Morgan fingerprint density at radius 2 is 2.00 bits per heavy atom. The van der Waals surface area contributed by atoms with Crippen molar-refractivity contribution in [3.05, 3.63) is 35.9 Å². The van der Waals surface area contributed by atoms with Crippen molar-refractivity contribution in [2.75, 3.05) is 13.2 Å². The SMILES string of the molecule is CCC(C)NC(=O)CNC(CO)Cc1ccccc1. The summed E-state index contributed by atoms with van der Waals surface area (Å²) in [7, 11) is 0. The lowest BCUT2D eigenvalue weighted by Gasteiger charge is -2.17. The summed E-state index contributed by atoms with van der Waals surface area (Å²) in [5, 5.41) is 15.3. The maximum Gasteiger partial charge on any atom is 0.234 e. The molecule has 0 aliphatic carbocycles. The molecule has 0 aromatic heterocycles. The van der Waals surface area contributed by atoms with E-state index in [-0.39, 0.29) is 31.1 Å². The number of aliphatic hydroxyl groups is 1. The maximum absolute atomic E-state index is 11.6. The first kappa shape index (κ1) is 15.7. The average molecular weight is 264 g/mol. The third kappa shape index (κ3) is 6.36. The first-order chi connectivity index (χ1) is 9.15. The molecule has 4 nitrogen and oxygen atoms in total. The molecule has 2 atom stereocenters. The fourth-order valence-corrected chi connectivity index (χ4v) is 1.76. The first-order valence-corrected chi connectivity index (χ1v) is 6.83. The van der Waals surface area contributed by atoms with Gasteiger partial charge in [-0.05, 0) is 25.3 Å². The van der Waals surface area contributed by atoms with Gasteiger partial charge in [0, 0.05) is 12.1 Å². The molecule has 0 spiro atoms. The van der Waals surface area contributed by atoms with Crippen LogP contribution in [0.4, 0.5) is 0 Å². The molecule has 1 amide bonds. The van der Waals surface area contributed by atoms with Crippen molar-refractivity contribution in [1.82, 2.24) is 10.6 Å². The molecule has 1 rings (SSSR count). The van der Waals surface area contributed by atoms with E-state index in [1.165, 1.54) is 0 Å². The van der Waals surface area contributed by atoms with Gasteiger partial charge in [-0.3, -0.25) is 4.79 Å². The van der Waals surface area contributed by atoms with Crippen molar-refractivity contribution < 1.29 is 9.90 Å². The third-order valence-corrected chi connectivity index (χ3v) is 3.12. The highest BCUT2D eigenvalue weighted by atomic mass is 16.3. The topological polar surface area (TPSA) is 61.4 Å². The Labute approximate surface area is 115 Å². The smallest absolute Gasteiger partial charge is 0.234 e. The van der Waals surface area contributed by atoms with Crippen molar-refractivity contribution in [2.24, 2.45) is 0 Å². The molecular formula is C15H24N2O2. The van der Waals surface area contributed by atoms with Crippen molar-refractivity contribution in [2.45, 2.75) is 38.8 Å². The van der Waals surface area contributed by atoms with E-state index in [0.29, 0.717) is 6.42 Å². The third-order valence-electron chi connectivity index (χ3n) is 3.12. The second-order valence-corrected chi connectivity index (χ2v) is 4.83. The van der Waals surface area contributed by atoms with E-state index < -0.39 is 0 Å². The van der Waals surface area contributed by atoms with Gasteiger partial charge in [-0.15, -0.1) is 0 Å². The van der Waals surface area contributed by atoms with Gasteiger partial charge >= 0.3 is 0 Å². The zero-order valence-corrected chi connectivity index (χ0v) is 11.7. The van der Waals surface area contributed by atoms with Crippen LogP contribution in [0.1, 0.15) is 25.8 Å². The molecule has 106 valence electrons. The highest BCUT2D eigenvalue weighted by Gasteiger charge is 2.11. The minimum absolute atomic E-state index is 0.0194. The van der Waals surface area contributed by atoms with Crippen molar-refractivity contribution in [1.29, 1.82) is 0 Å². The fourth-order valence-electron chi connectivity index (χ4n) is 1.76. The highest BCUT2D eigenvalue weighted by Crippen LogP contribution is 2.02. The van der Waals surface area contributed by atoms with E-state index in [1.54, 1.807) is 0 Å². The van der Waals surface area contributed by atoms with Crippen LogP contribution in [0.5, 0.6) is 0 Å². The molecule has 19 heavy (non-hydrogen) atoms. The first-order valence-electron chi connectivity index (χ1n) is 6.83. The number of amides is 1. The molecule has 3 N–H and O–H groups in total. The van der Waals surface area contributed by atoms with Crippen LogP contribution in [0.2, 0.25) is 0 Å². The van der Waals surface area contributed by atoms with Crippen molar-refractivity contribution >= 4 is 5.91 Å². The van der Waals surface area contributed by atoms with Gasteiger partial charge in [0.1, 0.15) is 0 Å². The lowest BCUT2D eigenvalue weighted by Crippen LogP contribution is -2.44. The van der Waals surface area contributed by atoms with E-state index >= 15 is 0 Å². The number of nitrogens with one attached hydrogen (secondary N) is 2. The van der Waals surface area contributed by atoms with E-state index in [2.05, 4.69) is 10.6 Å². The van der Waals surface area contributed by atoms with Gasteiger partial charge in [-0.1, -0.05) is 37.3 Å². The normalized spacial score (nSPS) is 13.8. The van der Waals surface area contributed by atoms with Crippen LogP contribution < -0.4 is 10.6 Å². The molecule has 0 fully saturated rings. The minimum Gasteiger partial charge on any atom is -0.395 e. The van der Waals surface area contributed by atoms with Gasteiger partial charge in [0.05, 0.1) is 13.2 Å². The zero-order valence-electron chi connectivity index (χ0n) is 11.7. The van der Waals surface area contributed by atoms with Gasteiger partial charge in [0.15, 0.2) is 0 Å². The fraction of sp³-hybridized carbons (Fsp3) is 0.533. The van der Waals surface area contributed by atoms with E-state index in [9.17, 15) is 9.90 Å². The zero-order chi connectivity index (χ0) is 14.1. The van der Waals surface area contributed by atoms with Crippen LogP contribution in [0.25, 0.3) is 0 Å². The molecule has 1 aromatic rings. The number of benzene rings is 1. The van der Waals surface area contributed by atoms with E-state index in [4.69, 9.17) is 0 Å². The van der Waals surface area contributed by atoms with Gasteiger partial charge in [-0.2, -0.15) is 0 Å². The quantitative estimate of drug-likeness (QED) is 0.659. The Kier molecular flexibility index (Phi) is 7.15. The summed E-state index contributed by atoms with van der Waals surface area (Å²) in [5.74, 6) is -0.0270. The average Bonchev–Trinajstić information content (AvgIpc) is 2.44. The summed E-state index contributed by atoms with van der Waals surface area (Å²) < 4.78 is 0. The van der Waals surface area contributed by atoms with Gasteiger partial charge in [-0.25, -0.2) is 0 Å². The summed E-state index contributed by atoms with van der Waals surface area (Å²) >= 11 is 0. The Hall–Kier alpha value is -1.39. The molecule has 2 unspecified atom stereocenters. The Balaban J connectivity index is 2.35. The second kappa shape index (κ2) is 8.67. The van der Waals surface area contributed by atoms with Crippen LogP contribution in [0, 0.1) is 0 Å². The number of hydrogen-bond donors (Lipinski definition) is 3. The predicted octanol–water partition coefficient (Wildman–Crippen LogP) is 1.09. The largest absolute Gasteiger partial charge is 0.395 e. The Bertz CT molecular complexity index is 368. The lowest BCUT2D eigenvalue weighted by molar-refractivity contribution is -0.121. The van der Waals surface area contributed by atoms with Crippen LogP contribution in [-0.4, -0.2) is 36.2 Å². The standard InChI is InChI=1S/C15H24N2O2/c1-3-12(2)17-15(19)10-16-14(11-18)9-13-7-5-4-6-8-13/h4-8,12,14,16,18H,3,9-11H2,1-2H3,(H,17,19). The van der Waals surface area contributed by atoms with Crippen molar-refractivity contribution in [3.63, 3.8) is 0 Å². The van der Waals surface area contributed by atoms with Crippen LogP contribution >= 0.6 is 0 Å².